The summed E-state index contributed by atoms with van der Waals surface area (Å²) in [7, 11) is 2.04. The van der Waals surface area contributed by atoms with Gasteiger partial charge in [-0.25, -0.2) is 0 Å². The van der Waals surface area contributed by atoms with Crippen LogP contribution in [0, 0.1) is 34.6 Å². The second-order valence-corrected chi connectivity index (χ2v) is 5.67. The van der Waals surface area contributed by atoms with Crippen molar-refractivity contribution in [2.24, 2.45) is 0 Å². The molecule has 0 saturated heterocycles. The summed E-state index contributed by atoms with van der Waals surface area (Å²) in [6.07, 6.45) is 0. The average molecular weight is 267 g/mol. The van der Waals surface area contributed by atoms with Gasteiger partial charge in [0.2, 0.25) is 0 Å². The SMILES string of the molecule is CNC(c1ccccc1)c1c(C)c(C)c(C)c(C)c1C. The third-order valence-corrected chi connectivity index (χ3v) is 4.77. The highest BCUT2D eigenvalue weighted by Gasteiger charge is 2.20. The van der Waals surface area contributed by atoms with Gasteiger partial charge in [-0.2, -0.15) is 0 Å². The minimum atomic E-state index is 0.259. The van der Waals surface area contributed by atoms with Crippen LogP contribution in [0.3, 0.4) is 0 Å². The molecule has 106 valence electrons. The van der Waals surface area contributed by atoms with Crippen LogP contribution in [0.15, 0.2) is 30.3 Å². The van der Waals surface area contributed by atoms with Gasteiger partial charge in [0.1, 0.15) is 0 Å². The Hall–Kier alpha value is -1.60. The molecule has 0 aliphatic heterocycles. The molecule has 0 spiro atoms. The molecule has 2 rings (SSSR count). The summed E-state index contributed by atoms with van der Waals surface area (Å²) >= 11 is 0. The lowest BCUT2D eigenvalue weighted by Gasteiger charge is -2.26. The molecule has 0 aromatic heterocycles. The Kier molecular flexibility index (Phi) is 4.29. The molecule has 1 atom stereocenters. The van der Waals surface area contributed by atoms with E-state index in [1.54, 1.807) is 0 Å². The standard InChI is InChI=1S/C19H25N/c1-12-13(2)15(4)18(16(5)14(12)3)19(20-6)17-10-8-7-9-11-17/h7-11,19-20H,1-6H3. The lowest BCUT2D eigenvalue weighted by atomic mass is 9.84. The van der Waals surface area contributed by atoms with Crippen LogP contribution >= 0.6 is 0 Å². The van der Waals surface area contributed by atoms with Gasteiger partial charge in [-0.1, -0.05) is 30.3 Å². The Morgan fingerprint density at radius 3 is 1.60 bits per heavy atom. The van der Waals surface area contributed by atoms with E-state index in [4.69, 9.17) is 0 Å². The third kappa shape index (κ3) is 2.38. The second kappa shape index (κ2) is 5.80. The van der Waals surface area contributed by atoms with Gasteiger partial charge in [-0.15, -0.1) is 0 Å². The Balaban J connectivity index is 2.68. The van der Waals surface area contributed by atoms with Crippen LogP contribution in [0.5, 0.6) is 0 Å². The molecule has 2 aromatic carbocycles. The van der Waals surface area contributed by atoms with Crippen molar-refractivity contribution in [3.63, 3.8) is 0 Å². The first-order valence-corrected chi connectivity index (χ1v) is 7.28. The van der Waals surface area contributed by atoms with E-state index >= 15 is 0 Å². The van der Waals surface area contributed by atoms with Crippen LogP contribution in [0.4, 0.5) is 0 Å². The maximum absolute atomic E-state index is 3.49. The second-order valence-electron chi connectivity index (χ2n) is 5.67. The lowest BCUT2D eigenvalue weighted by molar-refractivity contribution is 0.680. The van der Waals surface area contributed by atoms with Crippen LogP contribution in [0.25, 0.3) is 0 Å². The summed E-state index contributed by atoms with van der Waals surface area (Å²) in [4.78, 5) is 0. The molecule has 0 aliphatic rings. The van der Waals surface area contributed by atoms with Crippen molar-refractivity contribution < 1.29 is 0 Å². The molecule has 0 heterocycles. The zero-order valence-corrected chi connectivity index (χ0v) is 13.5. The lowest BCUT2D eigenvalue weighted by Crippen LogP contribution is -2.21. The molecule has 1 heteroatoms. The topological polar surface area (TPSA) is 12.0 Å². The third-order valence-electron chi connectivity index (χ3n) is 4.77. The van der Waals surface area contributed by atoms with E-state index in [0.717, 1.165) is 0 Å². The summed E-state index contributed by atoms with van der Waals surface area (Å²) < 4.78 is 0. The number of benzene rings is 2. The smallest absolute Gasteiger partial charge is 0.0579 e. The molecule has 0 aliphatic carbocycles. The fourth-order valence-electron chi connectivity index (χ4n) is 3.09. The van der Waals surface area contributed by atoms with E-state index in [9.17, 15) is 0 Å². The molecule has 0 radical (unpaired) electrons. The first-order chi connectivity index (χ1) is 9.49. The zero-order chi connectivity index (χ0) is 14.9. The first kappa shape index (κ1) is 14.8. The number of hydrogen-bond acceptors (Lipinski definition) is 1. The molecule has 1 N–H and O–H groups in total. The maximum atomic E-state index is 3.49. The van der Waals surface area contributed by atoms with Crippen molar-refractivity contribution in [2.75, 3.05) is 7.05 Å². The largest absolute Gasteiger partial charge is 0.309 e. The average Bonchev–Trinajstić information content (AvgIpc) is 2.48. The van der Waals surface area contributed by atoms with Gasteiger partial charge in [0, 0.05) is 0 Å². The normalized spacial score (nSPS) is 12.5. The Labute approximate surface area is 123 Å². The van der Waals surface area contributed by atoms with Crippen molar-refractivity contribution in [1.82, 2.24) is 5.32 Å². The van der Waals surface area contributed by atoms with Crippen LogP contribution in [0.2, 0.25) is 0 Å². The van der Waals surface area contributed by atoms with Gasteiger partial charge in [0.25, 0.3) is 0 Å². The summed E-state index contributed by atoms with van der Waals surface area (Å²) in [5.74, 6) is 0. The van der Waals surface area contributed by atoms with E-state index in [0.29, 0.717) is 0 Å². The van der Waals surface area contributed by atoms with Gasteiger partial charge >= 0.3 is 0 Å². The van der Waals surface area contributed by atoms with Crippen LogP contribution < -0.4 is 5.32 Å². The Morgan fingerprint density at radius 1 is 0.700 bits per heavy atom. The molecule has 1 nitrogen and oxygen atoms in total. The van der Waals surface area contributed by atoms with Gasteiger partial charge in [-0.3, -0.25) is 0 Å². The summed E-state index contributed by atoms with van der Waals surface area (Å²) in [5.41, 5.74) is 9.83. The highest BCUT2D eigenvalue weighted by atomic mass is 14.9. The fraction of sp³-hybridized carbons (Fsp3) is 0.368. The molecule has 1 unspecified atom stereocenters. The molecular weight excluding hydrogens is 242 g/mol. The van der Waals surface area contributed by atoms with Gasteiger partial charge < -0.3 is 5.32 Å². The van der Waals surface area contributed by atoms with Gasteiger partial charge in [0.05, 0.1) is 6.04 Å². The summed E-state index contributed by atoms with van der Waals surface area (Å²) in [5, 5.41) is 3.49. The molecule has 0 bridgehead atoms. The maximum Gasteiger partial charge on any atom is 0.0579 e. The number of nitrogens with one attached hydrogen (secondary N) is 1. The fourth-order valence-corrected chi connectivity index (χ4v) is 3.09. The molecule has 0 amide bonds. The van der Waals surface area contributed by atoms with Crippen LogP contribution in [-0.2, 0) is 0 Å². The highest BCUT2D eigenvalue weighted by Crippen LogP contribution is 2.33. The minimum Gasteiger partial charge on any atom is -0.309 e. The van der Waals surface area contributed by atoms with Crippen molar-refractivity contribution in [3.8, 4) is 0 Å². The van der Waals surface area contributed by atoms with Crippen molar-refractivity contribution >= 4 is 0 Å². The predicted octanol–water partition coefficient (Wildman–Crippen LogP) is 4.54. The molecule has 0 saturated carbocycles. The van der Waals surface area contributed by atoms with E-state index in [2.05, 4.69) is 70.3 Å². The summed E-state index contributed by atoms with van der Waals surface area (Å²) in [6, 6.07) is 10.9. The molecule has 2 aromatic rings. The van der Waals surface area contributed by atoms with Crippen LogP contribution in [0.1, 0.15) is 45.0 Å². The van der Waals surface area contributed by atoms with Crippen molar-refractivity contribution in [2.45, 2.75) is 40.7 Å². The highest BCUT2D eigenvalue weighted by molar-refractivity contribution is 5.52. The number of rotatable bonds is 3. The molecule has 0 fully saturated rings. The molecule has 20 heavy (non-hydrogen) atoms. The quantitative estimate of drug-likeness (QED) is 0.861. The molecular formula is C19H25N. The van der Waals surface area contributed by atoms with Crippen molar-refractivity contribution in [1.29, 1.82) is 0 Å². The first-order valence-electron chi connectivity index (χ1n) is 7.28. The summed E-state index contributed by atoms with van der Waals surface area (Å²) in [6.45, 7) is 11.2. The van der Waals surface area contributed by atoms with Gasteiger partial charge in [0.15, 0.2) is 0 Å². The van der Waals surface area contributed by atoms with E-state index in [1.165, 1.54) is 38.9 Å². The van der Waals surface area contributed by atoms with E-state index in [-0.39, 0.29) is 6.04 Å². The number of hydrogen-bond donors (Lipinski definition) is 1. The minimum absolute atomic E-state index is 0.259. The predicted molar refractivity (Wildman–Crippen MR) is 87.5 cm³/mol. The van der Waals surface area contributed by atoms with Crippen LogP contribution in [-0.4, -0.2) is 7.05 Å². The van der Waals surface area contributed by atoms with E-state index in [1.807, 2.05) is 7.05 Å². The van der Waals surface area contributed by atoms with Crippen molar-refractivity contribution in [3.05, 3.63) is 69.3 Å². The Morgan fingerprint density at radius 2 is 1.15 bits per heavy atom. The Bertz CT molecular complexity index is 582. The monoisotopic (exact) mass is 267 g/mol. The zero-order valence-electron chi connectivity index (χ0n) is 13.5. The van der Waals surface area contributed by atoms with E-state index < -0.39 is 0 Å². The van der Waals surface area contributed by atoms with Gasteiger partial charge in [-0.05, 0) is 80.6 Å².